The van der Waals surface area contributed by atoms with Crippen LogP contribution in [0, 0.1) is 0 Å². The number of amides is 2. The first-order chi connectivity index (χ1) is 12.3. The maximum absolute atomic E-state index is 12.8. The van der Waals surface area contributed by atoms with Gasteiger partial charge in [0.1, 0.15) is 0 Å². The van der Waals surface area contributed by atoms with Crippen LogP contribution < -0.4 is 10.2 Å². The van der Waals surface area contributed by atoms with Crippen LogP contribution in [0.2, 0.25) is 0 Å². The van der Waals surface area contributed by atoms with Crippen molar-refractivity contribution < 1.29 is 4.79 Å². The molecule has 0 saturated carbocycles. The number of hydrogen-bond acceptors (Lipinski definition) is 1. The molecule has 0 aliphatic rings. The number of carbonyl (C=O) groups is 1. The molecule has 0 atom stereocenters. The second-order valence-electron chi connectivity index (χ2n) is 5.87. The molecule has 126 valence electrons. The largest absolute Gasteiger partial charge is 0.337 e. The maximum atomic E-state index is 12.8. The molecule has 0 fully saturated rings. The van der Waals surface area contributed by atoms with Gasteiger partial charge >= 0.3 is 6.03 Å². The predicted octanol–water partition coefficient (Wildman–Crippen LogP) is 4.65. The normalized spacial score (nSPS) is 10.2. The molecule has 0 spiro atoms. The molecule has 3 heteroatoms. The number of benzene rings is 3. The van der Waals surface area contributed by atoms with Crippen LogP contribution in [-0.2, 0) is 13.0 Å². The Morgan fingerprint density at radius 3 is 1.84 bits per heavy atom. The summed E-state index contributed by atoms with van der Waals surface area (Å²) in [6, 6.07) is 29.9. The zero-order chi connectivity index (χ0) is 17.3. The van der Waals surface area contributed by atoms with Gasteiger partial charge in [-0.3, -0.25) is 4.90 Å². The van der Waals surface area contributed by atoms with Gasteiger partial charge in [0.25, 0.3) is 0 Å². The molecule has 3 aromatic rings. The molecule has 3 rings (SSSR count). The summed E-state index contributed by atoms with van der Waals surface area (Å²) in [6.45, 7) is 1.16. The highest BCUT2D eigenvalue weighted by Gasteiger charge is 2.15. The van der Waals surface area contributed by atoms with E-state index >= 15 is 0 Å². The Kier molecular flexibility index (Phi) is 5.83. The van der Waals surface area contributed by atoms with E-state index in [1.54, 1.807) is 4.90 Å². The van der Waals surface area contributed by atoms with Crippen LogP contribution in [0.3, 0.4) is 0 Å². The highest BCUT2D eigenvalue weighted by molar-refractivity contribution is 5.91. The Morgan fingerprint density at radius 1 is 0.720 bits per heavy atom. The molecule has 0 aromatic heterocycles. The van der Waals surface area contributed by atoms with Gasteiger partial charge in [-0.1, -0.05) is 78.9 Å². The highest BCUT2D eigenvalue weighted by atomic mass is 16.2. The third-order valence-corrected chi connectivity index (χ3v) is 4.03. The van der Waals surface area contributed by atoms with Crippen molar-refractivity contribution in [2.45, 2.75) is 13.0 Å². The van der Waals surface area contributed by atoms with E-state index in [4.69, 9.17) is 0 Å². The Labute approximate surface area is 148 Å². The van der Waals surface area contributed by atoms with Gasteiger partial charge in [-0.05, 0) is 29.7 Å². The minimum atomic E-state index is -0.0778. The summed E-state index contributed by atoms with van der Waals surface area (Å²) < 4.78 is 0. The van der Waals surface area contributed by atoms with Crippen LogP contribution in [0.5, 0.6) is 0 Å². The van der Waals surface area contributed by atoms with Gasteiger partial charge in [-0.2, -0.15) is 0 Å². The standard InChI is InChI=1S/C22H22N2O/c25-22(23-17-16-19-10-4-1-5-11-19)24(21-14-8-3-9-15-21)18-20-12-6-2-7-13-20/h1-15H,16-18H2,(H,23,25). The topological polar surface area (TPSA) is 32.3 Å². The summed E-state index contributed by atoms with van der Waals surface area (Å²) in [5, 5.41) is 3.04. The van der Waals surface area contributed by atoms with Crippen molar-refractivity contribution in [3.05, 3.63) is 102 Å². The number of nitrogens with zero attached hydrogens (tertiary/aromatic N) is 1. The Balaban J connectivity index is 1.67. The van der Waals surface area contributed by atoms with Crippen LogP contribution in [-0.4, -0.2) is 12.6 Å². The molecule has 0 heterocycles. The van der Waals surface area contributed by atoms with Gasteiger partial charge in [0.15, 0.2) is 0 Å². The monoisotopic (exact) mass is 330 g/mol. The number of anilines is 1. The van der Waals surface area contributed by atoms with Crippen molar-refractivity contribution in [2.24, 2.45) is 0 Å². The number of urea groups is 1. The summed E-state index contributed by atoms with van der Waals surface area (Å²) in [5.41, 5.74) is 3.21. The van der Waals surface area contributed by atoms with Gasteiger partial charge in [0, 0.05) is 12.2 Å². The van der Waals surface area contributed by atoms with E-state index in [1.807, 2.05) is 78.9 Å². The maximum Gasteiger partial charge on any atom is 0.322 e. The van der Waals surface area contributed by atoms with Crippen LogP contribution in [0.15, 0.2) is 91.0 Å². The lowest BCUT2D eigenvalue weighted by Crippen LogP contribution is -2.40. The van der Waals surface area contributed by atoms with Crippen LogP contribution in [0.25, 0.3) is 0 Å². The molecular formula is C22H22N2O. The van der Waals surface area contributed by atoms with Crippen molar-refractivity contribution in [1.82, 2.24) is 5.32 Å². The molecule has 1 N–H and O–H groups in total. The van der Waals surface area contributed by atoms with Crippen molar-refractivity contribution in [2.75, 3.05) is 11.4 Å². The SMILES string of the molecule is O=C(NCCc1ccccc1)N(Cc1ccccc1)c1ccccc1. The van der Waals surface area contributed by atoms with E-state index in [0.717, 1.165) is 17.7 Å². The minimum Gasteiger partial charge on any atom is -0.337 e. The molecule has 0 saturated heterocycles. The Hall–Kier alpha value is -3.07. The number of rotatable bonds is 6. The van der Waals surface area contributed by atoms with Crippen LogP contribution >= 0.6 is 0 Å². The zero-order valence-electron chi connectivity index (χ0n) is 14.1. The third-order valence-electron chi connectivity index (χ3n) is 4.03. The fraction of sp³-hybridized carbons (Fsp3) is 0.136. The van der Waals surface area contributed by atoms with Gasteiger partial charge in [0.2, 0.25) is 0 Å². The second-order valence-corrected chi connectivity index (χ2v) is 5.87. The summed E-state index contributed by atoms with van der Waals surface area (Å²) in [5.74, 6) is 0. The lowest BCUT2D eigenvalue weighted by atomic mass is 10.1. The minimum absolute atomic E-state index is 0.0778. The van der Waals surface area contributed by atoms with E-state index in [0.29, 0.717) is 13.1 Å². The smallest absolute Gasteiger partial charge is 0.322 e. The first-order valence-electron chi connectivity index (χ1n) is 8.51. The first-order valence-corrected chi connectivity index (χ1v) is 8.51. The molecule has 3 aromatic carbocycles. The quantitative estimate of drug-likeness (QED) is 0.701. The summed E-state index contributed by atoms with van der Waals surface area (Å²) in [6.07, 6.45) is 0.820. The summed E-state index contributed by atoms with van der Waals surface area (Å²) in [7, 11) is 0. The predicted molar refractivity (Wildman–Crippen MR) is 103 cm³/mol. The van der Waals surface area contributed by atoms with E-state index < -0.39 is 0 Å². The fourth-order valence-electron chi connectivity index (χ4n) is 2.71. The average Bonchev–Trinajstić information content (AvgIpc) is 2.68. The summed E-state index contributed by atoms with van der Waals surface area (Å²) >= 11 is 0. The van der Waals surface area contributed by atoms with Crippen molar-refractivity contribution in [3.8, 4) is 0 Å². The number of carbonyl (C=O) groups excluding carboxylic acids is 1. The first kappa shape index (κ1) is 16.8. The van der Waals surface area contributed by atoms with E-state index in [1.165, 1.54) is 5.56 Å². The van der Waals surface area contributed by atoms with Gasteiger partial charge in [-0.15, -0.1) is 0 Å². The van der Waals surface area contributed by atoms with E-state index in [9.17, 15) is 4.79 Å². The van der Waals surface area contributed by atoms with Crippen molar-refractivity contribution in [3.63, 3.8) is 0 Å². The average molecular weight is 330 g/mol. The molecule has 3 nitrogen and oxygen atoms in total. The lowest BCUT2D eigenvalue weighted by Gasteiger charge is -2.23. The molecule has 0 aliphatic carbocycles. The second kappa shape index (κ2) is 8.69. The number of nitrogens with one attached hydrogen (secondary N) is 1. The molecule has 0 unspecified atom stereocenters. The molecule has 0 radical (unpaired) electrons. The number of para-hydroxylation sites is 1. The van der Waals surface area contributed by atoms with Crippen LogP contribution in [0.4, 0.5) is 10.5 Å². The van der Waals surface area contributed by atoms with Gasteiger partial charge < -0.3 is 5.32 Å². The summed E-state index contributed by atoms with van der Waals surface area (Å²) in [4.78, 5) is 14.5. The molecule has 2 amide bonds. The fourth-order valence-corrected chi connectivity index (χ4v) is 2.71. The van der Waals surface area contributed by atoms with E-state index in [-0.39, 0.29) is 6.03 Å². The van der Waals surface area contributed by atoms with E-state index in [2.05, 4.69) is 17.4 Å². The molecule has 0 aliphatic heterocycles. The van der Waals surface area contributed by atoms with Gasteiger partial charge in [-0.25, -0.2) is 4.79 Å². The highest BCUT2D eigenvalue weighted by Crippen LogP contribution is 2.17. The Morgan fingerprint density at radius 2 is 1.24 bits per heavy atom. The van der Waals surface area contributed by atoms with Gasteiger partial charge in [0.05, 0.1) is 6.54 Å². The third kappa shape index (κ3) is 4.95. The van der Waals surface area contributed by atoms with Crippen LogP contribution in [0.1, 0.15) is 11.1 Å². The molecule has 25 heavy (non-hydrogen) atoms. The van der Waals surface area contributed by atoms with Crippen molar-refractivity contribution >= 4 is 11.7 Å². The lowest BCUT2D eigenvalue weighted by molar-refractivity contribution is 0.246. The Bertz CT molecular complexity index is 773. The molecule has 0 bridgehead atoms. The molecular weight excluding hydrogens is 308 g/mol. The number of hydrogen-bond donors (Lipinski definition) is 1. The van der Waals surface area contributed by atoms with Crippen molar-refractivity contribution in [1.29, 1.82) is 0 Å². The zero-order valence-corrected chi connectivity index (χ0v) is 14.1.